The monoisotopic (exact) mass is 478 g/mol. The van der Waals surface area contributed by atoms with Gasteiger partial charge in [-0.25, -0.2) is 9.67 Å². The minimum atomic E-state index is -0.247. The zero-order valence-electron chi connectivity index (χ0n) is 20.6. The Balaban J connectivity index is 1.53. The van der Waals surface area contributed by atoms with E-state index in [9.17, 15) is 9.59 Å². The van der Waals surface area contributed by atoms with Gasteiger partial charge in [0.1, 0.15) is 5.69 Å². The molecule has 0 aliphatic carbocycles. The van der Waals surface area contributed by atoms with Crippen molar-refractivity contribution in [3.8, 4) is 22.7 Å². The lowest BCUT2D eigenvalue weighted by Gasteiger charge is -2.11. The minimum Gasteiger partial charge on any atom is -0.482 e. The van der Waals surface area contributed by atoms with Crippen LogP contribution in [0.5, 0.6) is 5.75 Å². The standard InChI is InChI=1S/C29H26N4O3/c1-18-12-13-19(2)24(15-18)33-20(3)16-23(31-33)27-21(4)30-28-26(11-8-14-32(28)29(27)35)36-17-25(34)22-9-6-5-7-10-22/h5-16H,17H2,1-4H3. The van der Waals surface area contributed by atoms with Crippen molar-refractivity contribution in [1.82, 2.24) is 19.2 Å². The molecule has 36 heavy (non-hydrogen) atoms. The van der Waals surface area contributed by atoms with Crippen molar-refractivity contribution in [3.05, 3.63) is 111 Å². The van der Waals surface area contributed by atoms with E-state index in [0.29, 0.717) is 33.9 Å². The average Bonchev–Trinajstić information content (AvgIpc) is 3.25. The summed E-state index contributed by atoms with van der Waals surface area (Å²) < 4.78 is 9.11. The molecule has 0 unspecified atom stereocenters. The molecule has 7 heteroatoms. The van der Waals surface area contributed by atoms with Crippen molar-refractivity contribution in [2.45, 2.75) is 27.7 Å². The molecule has 2 aromatic carbocycles. The molecule has 3 heterocycles. The molecule has 0 bridgehead atoms. The van der Waals surface area contributed by atoms with Gasteiger partial charge in [-0.3, -0.25) is 14.0 Å². The number of hydrogen-bond donors (Lipinski definition) is 0. The van der Waals surface area contributed by atoms with Gasteiger partial charge in [-0.05, 0) is 63.1 Å². The summed E-state index contributed by atoms with van der Waals surface area (Å²) in [6, 6.07) is 20.5. The summed E-state index contributed by atoms with van der Waals surface area (Å²) >= 11 is 0. The average molecular weight is 479 g/mol. The minimum absolute atomic E-state index is 0.152. The number of benzene rings is 2. The third-order valence-electron chi connectivity index (χ3n) is 6.19. The van der Waals surface area contributed by atoms with Crippen LogP contribution >= 0.6 is 0 Å². The number of carbonyl (C=O) groups is 1. The Bertz CT molecular complexity index is 1670. The summed E-state index contributed by atoms with van der Waals surface area (Å²) in [4.78, 5) is 30.8. The van der Waals surface area contributed by atoms with Crippen molar-refractivity contribution < 1.29 is 9.53 Å². The molecular formula is C29H26N4O3. The van der Waals surface area contributed by atoms with Gasteiger partial charge in [-0.15, -0.1) is 0 Å². The van der Waals surface area contributed by atoms with Gasteiger partial charge in [0.2, 0.25) is 0 Å². The van der Waals surface area contributed by atoms with E-state index in [0.717, 1.165) is 22.5 Å². The zero-order chi connectivity index (χ0) is 25.4. The Kier molecular flexibility index (Phi) is 5.98. The maximum Gasteiger partial charge on any atom is 0.267 e. The highest BCUT2D eigenvalue weighted by molar-refractivity contribution is 5.97. The first-order valence-electron chi connectivity index (χ1n) is 11.7. The lowest BCUT2D eigenvalue weighted by molar-refractivity contribution is 0.0922. The fraction of sp³-hybridized carbons (Fsp3) is 0.172. The van der Waals surface area contributed by atoms with E-state index in [4.69, 9.17) is 9.84 Å². The number of carbonyl (C=O) groups excluding carboxylic acids is 1. The SMILES string of the molecule is Cc1ccc(C)c(-n2nc(-c3c(C)nc4c(OCC(=O)c5ccccc5)cccn4c3=O)cc2C)c1. The Morgan fingerprint density at radius 3 is 2.50 bits per heavy atom. The number of Topliss-reactive ketones (excluding diaryl/α,β-unsaturated/α-hetero) is 1. The maximum absolute atomic E-state index is 13.6. The molecule has 0 radical (unpaired) electrons. The number of aryl methyl sites for hydroxylation is 4. The molecule has 0 saturated heterocycles. The molecule has 3 aromatic heterocycles. The molecule has 0 aliphatic heterocycles. The van der Waals surface area contributed by atoms with Gasteiger partial charge in [-0.2, -0.15) is 5.10 Å². The number of rotatable bonds is 6. The Hall–Kier alpha value is -4.52. The lowest BCUT2D eigenvalue weighted by atomic mass is 10.1. The van der Waals surface area contributed by atoms with Crippen molar-refractivity contribution in [1.29, 1.82) is 0 Å². The van der Waals surface area contributed by atoms with Crippen molar-refractivity contribution in [2.24, 2.45) is 0 Å². The first-order valence-corrected chi connectivity index (χ1v) is 11.7. The fourth-order valence-electron chi connectivity index (χ4n) is 4.29. The van der Waals surface area contributed by atoms with Crippen LogP contribution in [0.1, 0.15) is 32.9 Å². The van der Waals surface area contributed by atoms with E-state index < -0.39 is 0 Å². The summed E-state index contributed by atoms with van der Waals surface area (Å²) in [7, 11) is 0. The summed E-state index contributed by atoms with van der Waals surface area (Å²) in [6.07, 6.45) is 1.65. The third kappa shape index (κ3) is 4.20. The van der Waals surface area contributed by atoms with Crippen LogP contribution in [0, 0.1) is 27.7 Å². The summed E-state index contributed by atoms with van der Waals surface area (Å²) in [5.41, 5.74) is 6.32. The second kappa shape index (κ2) is 9.26. The van der Waals surface area contributed by atoms with E-state index in [1.807, 2.05) is 37.6 Å². The van der Waals surface area contributed by atoms with Crippen LogP contribution in [-0.2, 0) is 0 Å². The topological polar surface area (TPSA) is 78.5 Å². The van der Waals surface area contributed by atoms with Gasteiger partial charge in [0, 0.05) is 17.5 Å². The van der Waals surface area contributed by atoms with Crippen LogP contribution in [0.3, 0.4) is 0 Å². The van der Waals surface area contributed by atoms with Gasteiger partial charge < -0.3 is 4.74 Å². The summed E-state index contributed by atoms with van der Waals surface area (Å²) in [6.45, 7) is 7.68. The number of aromatic nitrogens is 4. The molecule has 5 aromatic rings. The predicted molar refractivity (Wildman–Crippen MR) is 139 cm³/mol. The van der Waals surface area contributed by atoms with Crippen molar-refractivity contribution in [3.63, 3.8) is 0 Å². The van der Waals surface area contributed by atoms with Crippen LogP contribution < -0.4 is 10.3 Å². The quantitative estimate of drug-likeness (QED) is 0.320. The van der Waals surface area contributed by atoms with Crippen LogP contribution in [0.15, 0.2) is 77.7 Å². The largest absolute Gasteiger partial charge is 0.482 e. The normalized spacial score (nSPS) is 11.1. The molecule has 0 amide bonds. The molecule has 0 aliphatic rings. The van der Waals surface area contributed by atoms with E-state index >= 15 is 0 Å². The predicted octanol–water partition coefficient (Wildman–Crippen LogP) is 5.04. The molecule has 0 N–H and O–H groups in total. The second-order valence-electron chi connectivity index (χ2n) is 8.89. The Labute approximate surface area is 208 Å². The van der Waals surface area contributed by atoms with Crippen LogP contribution in [0.4, 0.5) is 0 Å². The first kappa shape index (κ1) is 23.2. The van der Waals surface area contributed by atoms with Gasteiger partial charge >= 0.3 is 0 Å². The van der Waals surface area contributed by atoms with Crippen LogP contribution in [0.25, 0.3) is 22.6 Å². The van der Waals surface area contributed by atoms with E-state index in [1.54, 1.807) is 49.5 Å². The maximum atomic E-state index is 13.6. The lowest BCUT2D eigenvalue weighted by Crippen LogP contribution is -2.20. The molecule has 0 fully saturated rings. The van der Waals surface area contributed by atoms with Crippen LogP contribution in [-0.4, -0.2) is 31.6 Å². The number of hydrogen-bond acceptors (Lipinski definition) is 5. The number of fused-ring (bicyclic) bond motifs is 1. The van der Waals surface area contributed by atoms with Gasteiger partial charge in [0.25, 0.3) is 5.56 Å². The Morgan fingerprint density at radius 2 is 1.72 bits per heavy atom. The highest BCUT2D eigenvalue weighted by atomic mass is 16.5. The zero-order valence-corrected chi connectivity index (χ0v) is 20.6. The van der Waals surface area contributed by atoms with Crippen LogP contribution in [0.2, 0.25) is 0 Å². The van der Waals surface area contributed by atoms with E-state index in [1.165, 1.54) is 4.40 Å². The molecule has 0 spiro atoms. The molecule has 5 rings (SSSR count). The molecular weight excluding hydrogens is 452 g/mol. The number of pyridine rings is 1. The fourth-order valence-corrected chi connectivity index (χ4v) is 4.29. The summed E-state index contributed by atoms with van der Waals surface area (Å²) in [5, 5.41) is 4.78. The smallest absolute Gasteiger partial charge is 0.267 e. The molecule has 180 valence electrons. The van der Waals surface area contributed by atoms with Gasteiger partial charge in [0.05, 0.1) is 16.9 Å². The third-order valence-corrected chi connectivity index (χ3v) is 6.19. The molecule has 7 nitrogen and oxygen atoms in total. The van der Waals surface area contributed by atoms with E-state index in [-0.39, 0.29) is 17.9 Å². The van der Waals surface area contributed by atoms with E-state index in [2.05, 4.69) is 23.2 Å². The Morgan fingerprint density at radius 1 is 0.944 bits per heavy atom. The highest BCUT2D eigenvalue weighted by Crippen LogP contribution is 2.25. The summed E-state index contributed by atoms with van der Waals surface area (Å²) in [5.74, 6) is 0.214. The van der Waals surface area contributed by atoms with Gasteiger partial charge in [-0.1, -0.05) is 42.5 Å². The number of ether oxygens (including phenoxy) is 1. The first-order chi connectivity index (χ1) is 17.3. The van der Waals surface area contributed by atoms with Crippen molar-refractivity contribution >= 4 is 11.4 Å². The molecule has 0 atom stereocenters. The highest BCUT2D eigenvalue weighted by Gasteiger charge is 2.19. The number of ketones is 1. The molecule has 0 saturated carbocycles. The van der Waals surface area contributed by atoms with Gasteiger partial charge in [0.15, 0.2) is 23.8 Å². The second-order valence-corrected chi connectivity index (χ2v) is 8.89. The van der Waals surface area contributed by atoms with Crippen molar-refractivity contribution in [2.75, 3.05) is 6.61 Å². The number of nitrogens with zero attached hydrogens (tertiary/aromatic N) is 4.